The van der Waals surface area contributed by atoms with Gasteiger partial charge in [0.15, 0.2) is 0 Å². The molecule has 0 spiro atoms. The van der Waals surface area contributed by atoms with E-state index in [9.17, 15) is 13.2 Å². The van der Waals surface area contributed by atoms with Crippen LogP contribution in [0.1, 0.15) is 24.0 Å². The number of nitrogens with zero attached hydrogens (tertiary/aromatic N) is 1. The minimum atomic E-state index is -3.45. The molecule has 0 radical (unpaired) electrons. The van der Waals surface area contributed by atoms with Crippen molar-refractivity contribution in [1.29, 1.82) is 0 Å². The Morgan fingerprint density at radius 1 is 1.15 bits per heavy atom. The molecule has 1 aliphatic carbocycles. The van der Waals surface area contributed by atoms with Crippen molar-refractivity contribution in [3.8, 4) is 0 Å². The summed E-state index contributed by atoms with van der Waals surface area (Å²) in [6.45, 7) is 1.98. The summed E-state index contributed by atoms with van der Waals surface area (Å²) in [5.41, 5.74) is 2.68. The minimum absolute atomic E-state index is 0.0781. The van der Waals surface area contributed by atoms with Crippen LogP contribution in [0.5, 0.6) is 0 Å². The molecule has 1 saturated carbocycles. The van der Waals surface area contributed by atoms with Gasteiger partial charge in [-0.05, 0) is 61.2 Å². The van der Waals surface area contributed by atoms with Gasteiger partial charge in [-0.3, -0.25) is 4.79 Å². The lowest BCUT2D eigenvalue weighted by Gasteiger charge is -2.15. The second kappa shape index (κ2) is 7.43. The number of benzene rings is 2. The van der Waals surface area contributed by atoms with Gasteiger partial charge in [0.05, 0.1) is 4.90 Å². The number of aryl methyl sites for hydroxylation is 1. The lowest BCUT2D eigenvalue weighted by atomic mass is 10.2. The van der Waals surface area contributed by atoms with Gasteiger partial charge in [0.25, 0.3) is 5.91 Å². The number of hydrogen-bond donors (Lipinski definition) is 1. The van der Waals surface area contributed by atoms with E-state index in [1.54, 1.807) is 42.3 Å². The summed E-state index contributed by atoms with van der Waals surface area (Å²) in [5, 5.41) is 0. The van der Waals surface area contributed by atoms with Gasteiger partial charge in [0.2, 0.25) is 10.0 Å². The number of sulfonamides is 1. The summed E-state index contributed by atoms with van der Waals surface area (Å²) in [5.74, 6) is -0.150. The van der Waals surface area contributed by atoms with Crippen LogP contribution in [0, 0.1) is 6.92 Å². The molecule has 1 amide bonds. The maximum Gasteiger partial charge on any atom is 0.250 e. The Morgan fingerprint density at radius 3 is 2.46 bits per heavy atom. The van der Waals surface area contributed by atoms with Crippen molar-refractivity contribution in [3.63, 3.8) is 0 Å². The molecule has 26 heavy (non-hydrogen) atoms. The van der Waals surface area contributed by atoms with E-state index in [-0.39, 0.29) is 16.8 Å². The number of amides is 1. The molecule has 1 fully saturated rings. The van der Waals surface area contributed by atoms with Gasteiger partial charge in [-0.1, -0.05) is 24.3 Å². The van der Waals surface area contributed by atoms with E-state index >= 15 is 0 Å². The van der Waals surface area contributed by atoms with Gasteiger partial charge in [-0.25, -0.2) is 13.1 Å². The van der Waals surface area contributed by atoms with Crippen molar-refractivity contribution in [3.05, 3.63) is 65.7 Å². The summed E-state index contributed by atoms with van der Waals surface area (Å²) >= 11 is 0. The Morgan fingerprint density at radius 2 is 1.85 bits per heavy atom. The quantitative estimate of drug-likeness (QED) is 0.795. The number of nitrogens with one attached hydrogen (secondary N) is 1. The monoisotopic (exact) mass is 370 g/mol. The average Bonchev–Trinajstić information content (AvgIpc) is 3.42. The third-order valence-electron chi connectivity index (χ3n) is 4.23. The van der Waals surface area contributed by atoms with Gasteiger partial charge in [-0.15, -0.1) is 0 Å². The summed E-state index contributed by atoms with van der Waals surface area (Å²) in [7, 11) is -1.73. The molecule has 2 aromatic rings. The number of anilines is 1. The first-order valence-electron chi connectivity index (χ1n) is 8.50. The number of hydrogen-bond acceptors (Lipinski definition) is 3. The molecule has 0 atom stereocenters. The van der Waals surface area contributed by atoms with Gasteiger partial charge >= 0.3 is 0 Å². The SMILES string of the molecule is Cc1cccc(N(C)C(=O)/C=C/c2ccc(S(=O)(=O)NC3CC3)cc2)c1. The van der Waals surface area contributed by atoms with Crippen LogP contribution in [0.2, 0.25) is 0 Å². The van der Waals surface area contributed by atoms with Crippen LogP contribution in [-0.4, -0.2) is 27.4 Å². The number of carbonyl (C=O) groups excluding carboxylic acids is 1. The Hall–Kier alpha value is -2.44. The van der Waals surface area contributed by atoms with Crippen LogP contribution in [0.25, 0.3) is 6.08 Å². The molecule has 6 heteroatoms. The molecule has 0 aromatic heterocycles. The van der Waals surface area contributed by atoms with Gasteiger partial charge < -0.3 is 4.90 Å². The highest BCUT2D eigenvalue weighted by Crippen LogP contribution is 2.22. The minimum Gasteiger partial charge on any atom is -0.312 e. The van der Waals surface area contributed by atoms with Crippen molar-refractivity contribution >= 4 is 27.7 Å². The molecule has 1 aliphatic rings. The molecular weight excluding hydrogens is 348 g/mol. The van der Waals surface area contributed by atoms with Crippen LogP contribution in [0.4, 0.5) is 5.69 Å². The zero-order valence-electron chi connectivity index (χ0n) is 14.8. The molecule has 136 valence electrons. The van der Waals surface area contributed by atoms with Crippen LogP contribution in [0.3, 0.4) is 0 Å². The molecule has 2 aromatic carbocycles. The standard InChI is InChI=1S/C20H22N2O3S/c1-15-4-3-5-18(14-15)22(2)20(23)13-8-16-6-11-19(12-7-16)26(24,25)21-17-9-10-17/h3-8,11-14,17,21H,9-10H2,1-2H3/b13-8+. The fraction of sp³-hybridized carbons (Fsp3) is 0.250. The maximum atomic E-state index is 12.3. The fourth-order valence-electron chi connectivity index (χ4n) is 2.49. The third kappa shape index (κ3) is 4.59. The van der Waals surface area contributed by atoms with Crippen LogP contribution in [0.15, 0.2) is 59.5 Å². The van der Waals surface area contributed by atoms with E-state index in [1.165, 1.54) is 6.08 Å². The normalized spacial score (nSPS) is 14.5. The molecule has 1 N–H and O–H groups in total. The zero-order valence-corrected chi connectivity index (χ0v) is 15.7. The maximum absolute atomic E-state index is 12.3. The lowest BCUT2D eigenvalue weighted by molar-refractivity contribution is -0.113. The van der Waals surface area contributed by atoms with E-state index in [1.807, 2.05) is 31.2 Å². The Kier molecular flexibility index (Phi) is 5.25. The first kappa shape index (κ1) is 18.4. The van der Waals surface area contributed by atoms with Crippen LogP contribution < -0.4 is 9.62 Å². The van der Waals surface area contributed by atoms with Gasteiger partial charge in [0.1, 0.15) is 0 Å². The summed E-state index contributed by atoms with van der Waals surface area (Å²) in [4.78, 5) is 14.1. The first-order chi connectivity index (χ1) is 12.3. The predicted octanol–water partition coefficient (Wildman–Crippen LogP) is 3.11. The largest absolute Gasteiger partial charge is 0.312 e. The highest BCUT2D eigenvalue weighted by Gasteiger charge is 2.27. The highest BCUT2D eigenvalue weighted by atomic mass is 32.2. The molecule has 0 saturated heterocycles. The number of rotatable bonds is 6. The molecule has 3 rings (SSSR count). The summed E-state index contributed by atoms with van der Waals surface area (Å²) in [6.07, 6.45) is 4.96. The molecular formula is C20H22N2O3S. The topological polar surface area (TPSA) is 66.5 Å². The zero-order chi connectivity index (χ0) is 18.7. The van der Waals surface area contributed by atoms with E-state index in [4.69, 9.17) is 0 Å². The molecule has 5 nitrogen and oxygen atoms in total. The van der Waals surface area contributed by atoms with Gasteiger partial charge in [0, 0.05) is 24.9 Å². The Bertz CT molecular complexity index is 930. The lowest BCUT2D eigenvalue weighted by Crippen LogP contribution is -2.25. The fourth-order valence-corrected chi connectivity index (χ4v) is 3.79. The molecule has 0 heterocycles. The molecule has 0 unspecified atom stereocenters. The second-order valence-corrected chi connectivity index (χ2v) is 8.25. The van der Waals surface area contributed by atoms with Gasteiger partial charge in [-0.2, -0.15) is 0 Å². The second-order valence-electron chi connectivity index (χ2n) is 6.53. The highest BCUT2D eigenvalue weighted by molar-refractivity contribution is 7.89. The van der Waals surface area contributed by atoms with E-state index in [0.717, 1.165) is 29.7 Å². The van der Waals surface area contributed by atoms with E-state index < -0.39 is 10.0 Å². The molecule has 0 bridgehead atoms. The van der Waals surface area contributed by atoms with Crippen molar-refractivity contribution in [2.75, 3.05) is 11.9 Å². The van der Waals surface area contributed by atoms with Crippen molar-refractivity contribution in [1.82, 2.24) is 4.72 Å². The smallest absolute Gasteiger partial charge is 0.250 e. The van der Waals surface area contributed by atoms with Crippen LogP contribution >= 0.6 is 0 Å². The summed E-state index contributed by atoms with van der Waals surface area (Å²) < 4.78 is 26.9. The Labute approximate surface area is 154 Å². The van der Waals surface area contributed by atoms with Crippen molar-refractivity contribution in [2.24, 2.45) is 0 Å². The van der Waals surface area contributed by atoms with E-state index in [0.29, 0.717) is 0 Å². The number of carbonyl (C=O) groups is 1. The predicted molar refractivity (Wildman–Crippen MR) is 103 cm³/mol. The Balaban J connectivity index is 1.67. The van der Waals surface area contributed by atoms with Crippen LogP contribution in [-0.2, 0) is 14.8 Å². The van der Waals surface area contributed by atoms with E-state index in [2.05, 4.69) is 4.72 Å². The number of likely N-dealkylation sites (N-methyl/N-ethyl adjacent to an activating group) is 1. The van der Waals surface area contributed by atoms with Crippen molar-refractivity contribution < 1.29 is 13.2 Å². The third-order valence-corrected chi connectivity index (χ3v) is 5.76. The summed E-state index contributed by atoms with van der Waals surface area (Å²) in [6, 6.07) is 14.3. The molecule has 0 aliphatic heterocycles. The average molecular weight is 370 g/mol. The first-order valence-corrected chi connectivity index (χ1v) is 9.98. The van der Waals surface area contributed by atoms with Crippen molar-refractivity contribution in [2.45, 2.75) is 30.7 Å².